The van der Waals surface area contributed by atoms with Gasteiger partial charge in [-0.2, -0.15) is 4.31 Å². The summed E-state index contributed by atoms with van der Waals surface area (Å²) in [5.74, 6) is 0.326. The number of benzene rings is 1. The number of nitrogens with zero attached hydrogens (tertiary/aromatic N) is 3. The number of piperazine rings is 1. The fourth-order valence-corrected chi connectivity index (χ4v) is 3.68. The van der Waals surface area contributed by atoms with Crippen molar-refractivity contribution in [3.05, 3.63) is 54.5 Å². The van der Waals surface area contributed by atoms with E-state index >= 15 is 0 Å². The van der Waals surface area contributed by atoms with Gasteiger partial charge in [-0.25, -0.2) is 8.42 Å². The van der Waals surface area contributed by atoms with Crippen molar-refractivity contribution >= 4 is 21.6 Å². The molecule has 1 aromatic carbocycles. The van der Waals surface area contributed by atoms with Crippen LogP contribution in [0.5, 0.6) is 0 Å². The lowest BCUT2D eigenvalue weighted by Gasteiger charge is -2.36. The number of sulfonamides is 1. The molecule has 8 heteroatoms. The van der Waals surface area contributed by atoms with Crippen LogP contribution < -0.4 is 4.90 Å². The monoisotopic (exact) mass is 377 g/mol. The van der Waals surface area contributed by atoms with Crippen molar-refractivity contribution in [1.82, 2.24) is 9.21 Å². The van der Waals surface area contributed by atoms with Crippen molar-refractivity contribution in [1.29, 1.82) is 0 Å². The van der Waals surface area contributed by atoms with Gasteiger partial charge in [0.05, 0.1) is 25.6 Å². The Morgan fingerprint density at radius 1 is 1.08 bits per heavy atom. The molecule has 0 unspecified atom stereocenters. The fraction of sp³-hybridized carbons (Fsp3) is 0.389. The van der Waals surface area contributed by atoms with Crippen LogP contribution in [0.15, 0.2) is 53.1 Å². The van der Waals surface area contributed by atoms with E-state index in [4.69, 9.17) is 4.42 Å². The average molecular weight is 377 g/mol. The molecule has 0 atom stereocenters. The Balaban J connectivity index is 1.58. The Morgan fingerprint density at radius 2 is 1.77 bits per heavy atom. The summed E-state index contributed by atoms with van der Waals surface area (Å²) < 4.78 is 30.4. The van der Waals surface area contributed by atoms with Crippen LogP contribution in [0, 0.1) is 0 Å². The number of carbonyl (C=O) groups is 1. The molecule has 0 aliphatic carbocycles. The summed E-state index contributed by atoms with van der Waals surface area (Å²) in [5, 5.41) is 0. The minimum Gasteiger partial charge on any atom is -0.468 e. The van der Waals surface area contributed by atoms with E-state index in [-0.39, 0.29) is 19.0 Å². The molecule has 7 nitrogen and oxygen atoms in total. The Bertz CT molecular complexity index is 813. The van der Waals surface area contributed by atoms with Gasteiger partial charge in [-0.1, -0.05) is 18.2 Å². The van der Waals surface area contributed by atoms with E-state index in [9.17, 15) is 13.2 Å². The zero-order chi connectivity index (χ0) is 18.6. The second-order valence-electron chi connectivity index (χ2n) is 6.31. The van der Waals surface area contributed by atoms with Gasteiger partial charge in [-0.15, -0.1) is 0 Å². The van der Waals surface area contributed by atoms with E-state index in [1.54, 1.807) is 17.0 Å². The second-order valence-corrected chi connectivity index (χ2v) is 8.30. The molecule has 0 radical (unpaired) electrons. The van der Waals surface area contributed by atoms with E-state index in [1.807, 2.05) is 30.3 Å². The van der Waals surface area contributed by atoms with Gasteiger partial charge in [0, 0.05) is 31.9 Å². The van der Waals surface area contributed by atoms with Gasteiger partial charge in [0.15, 0.2) is 0 Å². The molecule has 1 saturated heterocycles. The van der Waals surface area contributed by atoms with Crippen LogP contribution in [0.1, 0.15) is 5.76 Å². The van der Waals surface area contributed by atoms with E-state index in [1.165, 1.54) is 6.26 Å². The van der Waals surface area contributed by atoms with Crippen molar-refractivity contribution < 1.29 is 17.6 Å². The van der Waals surface area contributed by atoms with E-state index in [0.717, 1.165) is 29.3 Å². The van der Waals surface area contributed by atoms with Crippen molar-refractivity contribution in [2.24, 2.45) is 0 Å². The highest BCUT2D eigenvalue weighted by Crippen LogP contribution is 2.16. The Labute approximate surface area is 153 Å². The molecule has 3 rings (SSSR count). The first-order chi connectivity index (χ1) is 12.4. The van der Waals surface area contributed by atoms with Crippen LogP contribution in [0.3, 0.4) is 0 Å². The number of rotatable bonds is 6. The summed E-state index contributed by atoms with van der Waals surface area (Å²) in [6.07, 6.45) is 2.59. The highest BCUT2D eigenvalue weighted by Gasteiger charge is 2.27. The van der Waals surface area contributed by atoms with Crippen molar-refractivity contribution in [2.45, 2.75) is 6.54 Å². The molecule has 0 N–H and O–H groups in total. The topological polar surface area (TPSA) is 74.1 Å². The average Bonchev–Trinajstić information content (AvgIpc) is 3.14. The van der Waals surface area contributed by atoms with E-state index in [2.05, 4.69) is 4.90 Å². The Kier molecular flexibility index (Phi) is 5.63. The minimum absolute atomic E-state index is 0.0571. The first kappa shape index (κ1) is 18.5. The lowest BCUT2D eigenvalue weighted by atomic mass is 10.2. The smallest absolute Gasteiger partial charge is 0.238 e. The maximum Gasteiger partial charge on any atom is 0.238 e. The van der Waals surface area contributed by atoms with Gasteiger partial charge in [-0.3, -0.25) is 4.79 Å². The molecule has 0 spiro atoms. The maximum atomic E-state index is 12.6. The molecule has 2 aromatic rings. The van der Waals surface area contributed by atoms with Crippen LogP contribution in [0.4, 0.5) is 5.69 Å². The fourth-order valence-electron chi connectivity index (χ4n) is 2.97. The maximum absolute atomic E-state index is 12.6. The van der Waals surface area contributed by atoms with Gasteiger partial charge in [0.1, 0.15) is 5.76 Å². The highest BCUT2D eigenvalue weighted by molar-refractivity contribution is 7.88. The van der Waals surface area contributed by atoms with Crippen molar-refractivity contribution in [2.75, 3.05) is 43.9 Å². The number of furan rings is 1. The van der Waals surface area contributed by atoms with Gasteiger partial charge < -0.3 is 14.2 Å². The summed E-state index contributed by atoms with van der Waals surface area (Å²) in [4.78, 5) is 16.5. The molecular formula is C18H23N3O4S. The molecule has 140 valence electrons. The van der Waals surface area contributed by atoms with Crippen LogP contribution >= 0.6 is 0 Å². The summed E-state index contributed by atoms with van der Waals surface area (Å²) in [5.41, 5.74) is 1.13. The zero-order valence-corrected chi connectivity index (χ0v) is 15.6. The van der Waals surface area contributed by atoms with Gasteiger partial charge >= 0.3 is 0 Å². The van der Waals surface area contributed by atoms with Crippen LogP contribution in [0.25, 0.3) is 0 Å². The molecule has 1 aliphatic rings. The van der Waals surface area contributed by atoms with E-state index < -0.39 is 10.0 Å². The third kappa shape index (κ3) is 4.64. The molecule has 26 heavy (non-hydrogen) atoms. The molecule has 0 saturated carbocycles. The molecule has 1 aliphatic heterocycles. The first-order valence-electron chi connectivity index (χ1n) is 8.49. The number of carbonyl (C=O) groups excluding carboxylic acids is 1. The number of hydrogen-bond donors (Lipinski definition) is 0. The van der Waals surface area contributed by atoms with Crippen LogP contribution in [0.2, 0.25) is 0 Å². The third-order valence-electron chi connectivity index (χ3n) is 4.45. The van der Waals surface area contributed by atoms with Crippen LogP contribution in [-0.4, -0.2) is 62.5 Å². The quantitative estimate of drug-likeness (QED) is 0.761. The molecule has 2 heterocycles. The predicted molar refractivity (Wildman–Crippen MR) is 99.2 cm³/mol. The minimum atomic E-state index is -3.51. The predicted octanol–water partition coefficient (Wildman–Crippen LogP) is 1.39. The zero-order valence-electron chi connectivity index (χ0n) is 14.7. The summed E-state index contributed by atoms with van der Waals surface area (Å²) in [7, 11) is -3.51. The van der Waals surface area contributed by atoms with E-state index in [0.29, 0.717) is 18.8 Å². The van der Waals surface area contributed by atoms with Gasteiger partial charge in [0.2, 0.25) is 15.9 Å². The SMILES string of the molecule is CS(=O)(=O)N(CC(=O)N1CCN(c2ccccc2)CC1)Cc1ccco1. The lowest BCUT2D eigenvalue weighted by Crippen LogP contribution is -2.51. The standard InChI is InChI=1S/C18H23N3O4S/c1-26(23,24)21(14-17-8-5-13-25-17)15-18(22)20-11-9-19(10-12-20)16-6-3-2-4-7-16/h2-8,13H,9-12,14-15H2,1H3. The van der Waals surface area contributed by atoms with Crippen LogP contribution in [-0.2, 0) is 21.4 Å². The molecular weight excluding hydrogens is 354 g/mol. The highest BCUT2D eigenvalue weighted by atomic mass is 32.2. The first-order valence-corrected chi connectivity index (χ1v) is 10.3. The normalized spacial score (nSPS) is 15.5. The summed E-state index contributed by atoms with van der Waals surface area (Å²) >= 11 is 0. The second kappa shape index (κ2) is 7.92. The molecule has 1 fully saturated rings. The van der Waals surface area contributed by atoms with Crippen molar-refractivity contribution in [3.63, 3.8) is 0 Å². The molecule has 1 aromatic heterocycles. The van der Waals surface area contributed by atoms with Crippen molar-refractivity contribution in [3.8, 4) is 0 Å². The largest absolute Gasteiger partial charge is 0.468 e. The number of anilines is 1. The lowest BCUT2D eigenvalue weighted by molar-refractivity contribution is -0.131. The number of para-hydroxylation sites is 1. The Morgan fingerprint density at radius 3 is 2.35 bits per heavy atom. The molecule has 1 amide bonds. The summed E-state index contributed by atoms with van der Waals surface area (Å²) in [6, 6.07) is 13.4. The van der Waals surface area contributed by atoms with Gasteiger partial charge in [0.25, 0.3) is 0 Å². The number of hydrogen-bond acceptors (Lipinski definition) is 5. The Hall–Kier alpha value is -2.32. The molecule has 0 bridgehead atoms. The summed E-state index contributed by atoms with van der Waals surface area (Å²) in [6.45, 7) is 2.49. The third-order valence-corrected chi connectivity index (χ3v) is 5.64. The van der Waals surface area contributed by atoms with Gasteiger partial charge in [-0.05, 0) is 24.3 Å². The number of amides is 1.